The summed E-state index contributed by atoms with van der Waals surface area (Å²) in [5.41, 5.74) is 6.11. The highest BCUT2D eigenvalue weighted by Crippen LogP contribution is 2.30. The summed E-state index contributed by atoms with van der Waals surface area (Å²) in [6.45, 7) is 0. The molecule has 0 aliphatic carbocycles. The number of benzene rings is 2. The smallest absolute Gasteiger partial charge is 0.142 e. The minimum absolute atomic E-state index is 0.0385. The van der Waals surface area contributed by atoms with Gasteiger partial charge in [-0.3, -0.25) is 5.41 Å². The lowest BCUT2D eigenvalue weighted by atomic mass is 10.1. The molecule has 0 unspecified atom stereocenters. The third-order valence-electron chi connectivity index (χ3n) is 2.77. The van der Waals surface area contributed by atoms with Crippen LogP contribution in [0.15, 0.2) is 47.4 Å². The van der Waals surface area contributed by atoms with Crippen molar-refractivity contribution in [2.75, 3.05) is 13.4 Å². The Kier molecular flexibility index (Phi) is 4.53. The van der Waals surface area contributed by atoms with E-state index in [4.69, 9.17) is 20.6 Å². The van der Waals surface area contributed by atoms with Crippen molar-refractivity contribution < 1.29 is 9.47 Å². The van der Waals surface area contributed by atoms with E-state index < -0.39 is 0 Å². The van der Waals surface area contributed by atoms with Gasteiger partial charge in [0.1, 0.15) is 23.1 Å². The van der Waals surface area contributed by atoms with E-state index in [-0.39, 0.29) is 5.84 Å². The first-order chi connectivity index (χ1) is 9.63. The van der Waals surface area contributed by atoms with Gasteiger partial charge in [-0.2, -0.15) is 0 Å². The van der Waals surface area contributed by atoms with Gasteiger partial charge in [0.2, 0.25) is 0 Å². The van der Waals surface area contributed by atoms with Gasteiger partial charge in [0.25, 0.3) is 0 Å². The zero-order chi connectivity index (χ0) is 14.5. The Bertz CT molecular complexity index is 612. The van der Waals surface area contributed by atoms with Crippen molar-refractivity contribution in [3.05, 3.63) is 48.0 Å². The second-order valence-corrected chi connectivity index (χ2v) is 4.93. The molecule has 0 saturated carbocycles. The van der Waals surface area contributed by atoms with Crippen molar-refractivity contribution in [3.63, 3.8) is 0 Å². The van der Waals surface area contributed by atoms with Crippen LogP contribution in [0.5, 0.6) is 17.2 Å². The summed E-state index contributed by atoms with van der Waals surface area (Å²) < 4.78 is 11.0. The van der Waals surface area contributed by atoms with Crippen LogP contribution < -0.4 is 15.2 Å². The molecule has 0 saturated heterocycles. The Hall–Kier alpha value is -2.14. The molecule has 0 heterocycles. The number of hydrogen-bond donors (Lipinski definition) is 2. The van der Waals surface area contributed by atoms with E-state index in [1.54, 1.807) is 37.1 Å². The Morgan fingerprint density at radius 2 is 1.75 bits per heavy atom. The maximum Gasteiger partial charge on any atom is 0.142 e. The molecule has 0 bridgehead atoms. The molecular formula is C15H16N2O2S. The molecule has 20 heavy (non-hydrogen) atoms. The summed E-state index contributed by atoms with van der Waals surface area (Å²) in [5, 5.41) is 7.59. The normalized spacial score (nSPS) is 10.1. The van der Waals surface area contributed by atoms with E-state index in [0.29, 0.717) is 22.8 Å². The number of nitrogens with two attached hydrogens (primary N) is 1. The van der Waals surface area contributed by atoms with E-state index >= 15 is 0 Å². The van der Waals surface area contributed by atoms with Crippen LogP contribution in [0, 0.1) is 5.41 Å². The summed E-state index contributed by atoms with van der Waals surface area (Å²) in [6.07, 6.45) is 2.02. The highest BCUT2D eigenvalue weighted by atomic mass is 32.2. The fraction of sp³-hybridized carbons (Fsp3) is 0.133. The van der Waals surface area contributed by atoms with Gasteiger partial charge in [0, 0.05) is 11.0 Å². The standard InChI is InChI=1S/C15H16N2O2S/c1-18-11-5-8-13(15(16)17)14(9-11)19-10-3-6-12(20-2)7-4-10/h3-9H,1-2H3,(H3,16,17). The molecule has 2 aromatic rings. The predicted molar refractivity (Wildman–Crippen MR) is 82.3 cm³/mol. The first kappa shape index (κ1) is 14.3. The number of nitrogen functional groups attached to an aromatic ring is 1. The highest BCUT2D eigenvalue weighted by molar-refractivity contribution is 7.98. The lowest BCUT2D eigenvalue weighted by molar-refractivity contribution is 0.409. The first-order valence-corrected chi connectivity index (χ1v) is 7.21. The molecule has 3 N–H and O–H groups in total. The molecule has 0 spiro atoms. The molecule has 4 nitrogen and oxygen atoms in total. The van der Waals surface area contributed by atoms with Gasteiger partial charge >= 0.3 is 0 Å². The van der Waals surface area contributed by atoms with Crippen LogP contribution in [0.1, 0.15) is 5.56 Å². The molecule has 0 aliphatic heterocycles. The third kappa shape index (κ3) is 3.24. The highest BCUT2D eigenvalue weighted by Gasteiger charge is 2.09. The molecule has 0 aliphatic rings. The predicted octanol–water partition coefficient (Wildman–Crippen LogP) is 3.49. The second kappa shape index (κ2) is 6.34. The van der Waals surface area contributed by atoms with Crippen LogP contribution in [0.4, 0.5) is 0 Å². The van der Waals surface area contributed by atoms with Crippen molar-refractivity contribution in [1.29, 1.82) is 5.41 Å². The van der Waals surface area contributed by atoms with E-state index in [2.05, 4.69) is 0 Å². The number of rotatable bonds is 5. The van der Waals surface area contributed by atoms with Gasteiger partial charge in [-0.05, 0) is 42.7 Å². The van der Waals surface area contributed by atoms with Crippen LogP contribution in [0.3, 0.4) is 0 Å². The lowest BCUT2D eigenvalue weighted by Gasteiger charge is -2.12. The van der Waals surface area contributed by atoms with Crippen molar-refractivity contribution in [3.8, 4) is 17.2 Å². The van der Waals surface area contributed by atoms with Gasteiger partial charge in [-0.15, -0.1) is 11.8 Å². The molecular weight excluding hydrogens is 272 g/mol. The second-order valence-electron chi connectivity index (χ2n) is 4.05. The number of nitrogens with one attached hydrogen (secondary N) is 1. The van der Waals surface area contributed by atoms with Gasteiger partial charge in [0.05, 0.1) is 12.7 Å². The largest absolute Gasteiger partial charge is 0.497 e. The number of hydrogen-bond acceptors (Lipinski definition) is 4. The summed E-state index contributed by atoms with van der Waals surface area (Å²) in [4.78, 5) is 1.16. The van der Waals surface area contributed by atoms with Gasteiger partial charge in [-0.25, -0.2) is 0 Å². The molecule has 5 heteroatoms. The van der Waals surface area contributed by atoms with E-state index in [1.807, 2.05) is 30.5 Å². The summed E-state index contributed by atoms with van der Waals surface area (Å²) in [5.74, 6) is 1.82. The Balaban J connectivity index is 2.32. The van der Waals surface area contributed by atoms with E-state index in [1.165, 1.54) is 0 Å². The average molecular weight is 288 g/mol. The van der Waals surface area contributed by atoms with Crippen LogP contribution >= 0.6 is 11.8 Å². The van der Waals surface area contributed by atoms with Crippen molar-refractivity contribution in [1.82, 2.24) is 0 Å². The lowest BCUT2D eigenvalue weighted by Crippen LogP contribution is -2.12. The van der Waals surface area contributed by atoms with Gasteiger partial charge in [0.15, 0.2) is 0 Å². The third-order valence-corrected chi connectivity index (χ3v) is 3.51. The van der Waals surface area contributed by atoms with Crippen molar-refractivity contribution >= 4 is 17.6 Å². The fourth-order valence-electron chi connectivity index (χ4n) is 1.71. The maximum absolute atomic E-state index is 7.59. The molecule has 2 rings (SSSR count). The molecule has 0 aromatic heterocycles. The van der Waals surface area contributed by atoms with Crippen molar-refractivity contribution in [2.24, 2.45) is 5.73 Å². The number of amidine groups is 1. The molecule has 0 atom stereocenters. The van der Waals surface area contributed by atoms with Crippen LogP contribution in [0.25, 0.3) is 0 Å². The van der Waals surface area contributed by atoms with E-state index in [9.17, 15) is 0 Å². The van der Waals surface area contributed by atoms with Crippen molar-refractivity contribution in [2.45, 2.75) is 4.90 Å². The number of thioether (sulfide) groups is 1. The monoisotopic (exact) mass is 288 g/mol. The van der Waals surface area contributed by atoms with Gasteiger partial charge in [-0.1, -0.05) is 0 Å². The van der Waals surface area contributed by atoms with Crippen LogP contribution in [-0.2, 0) is 0 Å². The fourth-order valence-corrected chi connectivity index (χ4v) is 2.12. The van der Waals surface area contributed by atoms with Crippen LogP contribution in [-0.4, -0.2) is 19.2 Å². The minimum atomic E-state index is -0.0385. The van der Waals surface area contributed by atoms with Crippen LogP contribution in [0.2, 0.25) is 0 Å². The number of ether oxygens (including phenoxy) is 2. The molecule has 104 valence electrons. The molecule has 0 fully saturated rings. The number of methoxy groups -OCH3 is 1. The Labute approximate surface area is 122 Å². The minimum Gasteiger partial charge on any atom is -0.497 e. The average Bonchev–Trinajstić information content (AvgIpc) is 2.47. The maximum atomic E-state index is 7.59. The summed E-state index contributed by atoms with van der Waals surface area (Å²) >= 11 is 1.67. The summed E-state index contributed by atoms with van der Waals surface area (Å²) in [7, 11) is 1.58. The quantitative estimate of drug-likeness (QED) is 0.502. The molecule has 0 radical (unpaired) electrons. The van der Waals surface area contributed by atoms with Gasteiger partial charge < -0.3 is 15.2 Å². The Morgan fingerprint density at radius 1 is 1.10 bits per heavy atom. The topological polar surface area (TPSA) is 68.3 Å². The molecule has 0 amide bonds. The zero-order valence-electron chi connectivity index (χ0n) is 11.3. The summed E-state index contributed by atoms with van der Waals surface area (Å²) in [6, 6.07) is 12.9. The zero-order valence-corrected chi connectivity index (χ0v) is 12.2. The molecule has 2 aromatic carbocycles. The first-order valence-electron chi connectivity index (χ1n) is 5.98. The Morgan fingerprint density at radius 3 is 2.30 bits per heavy atom. The van der Waals surface area contributed by atoms with E-state index in [0.717, 1.165) is 4.90 Å². The SMILES string of the molecule is COc1ccc(C(=N)N)c(Oc2ccc(SC)cc2)c1.